The SMILES string of the molecule is O=C(NC[C@@H]1CCCO1)c1ccc(-n2cccn2)nn1. The van der Waals surface area contributed by atoms with Crippen LogP contribution in [0.1, 0.15) is 23.3 Å². The summed E-state index contributed by atoms with van der Waals surface area (Å²) < 4.78 is 7.03. The predicted molar refractivity (Wildman–Crippen MR) is 70.5 cm³/mol. The van der Waals surface area contributed by atoms with E-state index >= 15 is 0 Å². The Bertz CT molecular complexity index is 561. The summed E-state index contributed by atoms with van der Waals surface area (Å²) in [6.45, 7) is 1.29. The molecule has 1 N–H and O–H groups in total. The standard InChI is InChI=1S/C13H15N5O2/c19-13(14-9-10-3-1-8-20-10)11-4-5-12(17-16-11)18-7-2-6-15-18/h2,4-7,10H,1,3,8-9H2,(H,14,19)/t10-/m0/s1. The number of rotatable bonds is 4. The van der Waals surface area contributed by atoms with Gasteiger partial charge in [0.2, 0.25) is 0 Å². The van der Waals surface area contributed by atoms with Crippen molar-refractivity contribution in [3.8, 4) is 5.82 Å². The minimum absolute atomic E-state index is 0.121. The van der Waals surface area contributed by atoms with E-state index < -0.39 is 0 Å². The number of aromatic nitrogens is 4. The Hall–Kier alpha value is -2.28. The molecule has 1 fully saturated rings. The minimum Gasteiger partial charge on any atom is -0.376 e. The summed E-state index contributed by atoms with van der Waals surface area (Å²) in [5.74, 6) is 0.339. The first-order valence-corrected chi connectivity index (χ1v) is 6.56. The number of amides is 1. The smallest absolute Gasteiger partial charge is 0.271 e. The van der Waals surface area contributed by atoms with Gasteiger partial charge in [-0.3, -0.25) is 4.79 Å². The van der Waals surface area contributed by atoms with Gasteiger partial charge in [-0.25, -0.2) is 4.68 Å². The van der Waals surface area contributed by atoms with Gasteiger partial charge in [0.25, 0.3) is 5.91 Å². The highest BCUT2D eigenvalue weighted by molar-refractivity contribution is 5.92. The maximum absolute atomic E-state index is 11.9. The second kappa shape index (κ2) is 5.79. The number of hydrogen-bond acceptors (Lipinski definition) is 5. The van der Waals surface area contributed by atoms with Crippen molar-refractivity contribution in [3.05, 3.63) is 36.3 Å². The van der Waals surface area contributed by atoms with E-state index in [0.717, 1.165) is 19.4 Å². The van der Waals surface area contributed by atoms with Crippen molar-refractivity contribution >= 4 is 5.91 Å². The Kier molecular flexibility index (Phi) is 3.69. The normalized spacial score (nSPS) is 18.1. The first-order chi connectivity index (χ1) is 9.83. The number of nitrogens with zero attached hydrogens (tertiary/aromatic N) is 4. The fourth-order valence-electron chi connectivity index (χ4n) is 2.08. The average Bonchev–Trinajstić information content (AvgIpc) is 3.18. The van der Waals surface area contributed by atoms with E-state index in [4.69, 9.17) is 4.74 Å². The van der Waals surface area contributed by atoms with E-state index in [2.05, 4.69) is 20.6 Å². The van der Waals surface area contributed by atoms with Gasteiger partial charge in [0.1, 0.15) is 0 Å². The summed E-state index contributed by atoms with van der Waals surface area (Å²) in [6, 6.07) is 5.14. The van der Waals surface area contributed by atoms with Gasteiger partial charge in [-0.05, 0) is 31.0 Å². The lowest BCUT2D eigenvalue weighted by Gasteiger charge is -2.10. The molecule has 0 radical (unpaired) electrons. The monoisotopic (exact) mass is 273 g/mol. The largest absolute Gasteiger partial charge is 0.376 e. The van der Waals surface area contributed by atoms with Crippen LogP contribution in [0.5, 0.6) is 0 Å². The Morgan fingerprint density at radius 2 is 2.40 bits per heavy atom. The van der Waals surface area contributed by atoms with Crippen LogP contribution < -0.4 is 5.32 Å². The van der Waals surface area contributed by atoms with E-state index in [1.165, 1.54) is 0 Å². The minimum atomic E-state index is -0.236. The predicted octanol–water partition coefficient (Wildman–Crippen LogP) is 0.571. The summed E-state index contributed by atoms with van der Waals surface area (Å²) in [7, 11) is 0. The number of carbonyl (C=O) groups is 1. The quantitative estimate of drug-likeness (QED) is 0.880. The van der Waals surface area contributed by atoms with Gasteiger partial charge in [0, 0.05) is 25.5 Å². The van der Waals surface area contributed by atoms with E-state index in [-0.39, 0.29) is 12.0 Å². The fraction of sp³-hybridized carbons (Fsp3) is 0.385. The van der Waals surface area contributed by atoms with Crippen LogP contribution in [0.3, 0.4) is 0 Å². The molecular formula is C13H15N5O2. The molecule has 3 rings (SSSR count). The third-order valence-electron chi connectivity index (χ3n) is 3.14. The van der Waals surface area contributed by atoms with Gasteiger partial charge in [0.15, 0.2) is 11.5 Å². The zero-order chi connectivity index (χ0) is 13.8. The van der Waals surface area contributed by atoms with Gasteiger partial charge in [-0.1, -0.05) is 0 Å². The lowest BCUT2D eigenvalue weighted by molar-refractivity contribution is 0.0853. The number of ether oxygens (including phenoxy) is 1. The van der Waals surface area contributed by atoms with Gasteiger partial charge in [0.05, 0.1) is 6.10 Å². The molecule has 1 saturated heterocycles. The first kappa shape index (κ1) is 12.7. The highest BCUT2D eigenvalue weighted by Gasteiger charge is 2.17. The summed E-state index contributed by atoms with van der Waals surface area (Å²) >= 11 is 0. The summed E-state index contributed by atoms with van der Waals surface area (Å²) in [5.41, 5.74) is 0.291. The van der Waals surface area contributed by atoms with Crippen molar-refractivity contribution in [2.45, 2.75) is 18.9 Å². The maximum Gasteiger partial charge on any atom is 0.271 e. The molecule has 2 aromatic heterocycles. The van der Waals surface area contributed by atoms with Gasteiger partial charge in [-0.2, -0.15) is 5.10 Å². The molecule has 1 aliphatic heterocycles. The Morgan fingerprint density at radius 1 is 1.45 bits per heavy atom. The topological polar surface area (TPSA) is 81.9 Å². The van der Waals surface area contributed by atoms with Crippen molar-refractivity contribution in [3.63, 3.8) is 0 Å². The van der Waals surface area contributed by atoms with E-state index in [1.54, 1.807) is 35.3 Å². The zero-order valence-electron chi connectivity index (χ0n) is 10.9. The summed E-state index contributed by atoms with van der Waals surface area (Å²) in [6.07, 6.45) is 5.59. The third kappa shape index (κ3) is 2.83. The van der Waals surface area contributed by atoms with E-state index in [0.29, 0.717) is 18.1 Å². The molecule has 1 amide bonds. The molecule has 3 heterocycles. The highest BCUT2D eigenvalue weighted by atomic mass is 16.5. The van der Waals surface area contributed by atoms with Crippen LogP contribution in [-0.4, -0.2) is 45.1 Å². The molecule has 1 aliphatic rings. The van der Waals surface area contributed by atoms with Crippen LogP contribution in [0, 0.1) is 0 Å². The van der Waals surface area contributed by atoms with Crippen molar-refractivity contribution in [2.75, 3.05) is 13.2 Å². The number of nitrogens with one attached hydrogen (secondary N) is 1. The van der Waals surface area contributed by atoms with E-state index in [9.17, 15) is 4.79 Å². The molecule has 0 aromatic carbocycles. The van der Waals surface area contributed by atoms with Crippen molar-refractivity contribution in [1.82, 2.24) is 25.3 Å². The molecule has 0 saturated carbocycles. The lowest BCUT2D eigenvalue weighted by atomic mass is 10.2. The van der Waals surface area contributed by atoms with Gasteiger partial charge in [-0.15, -0.1) is 10.2 Å². The third-order valence-corrected chi connectivity index (χ3v) is 3.14. The molecule has 1 atom stereocenters. The van der Waals surface area contributed by atoms with Gasteiger partial charge >= 0.3 is 0 Å². The number of carbonyl (C=O) groups excluding carboxylic acids is 1. The lowest BCUT2D eigenvalue weighted by Crippen LogP contribution is -2.32. The second-order valence-corrected chi connectivity index (χ2v) is 4.57. The fourth-order valence-corrected chi connectivity index (χ4v) is 2.08. The molecule has 7 heteroatoms. The van der Waals surface area contributed by atoms with Crippen LogP contribution in [0.2, 0.25) is 0 Å². The average molecular weight is 273 g/mol. The van der Waals surface area contributed by atoms with Crippen LogP contribution in [0.25, 0.3) is 5.82 Å². The zero-order valence-corrected chi connectivity index (χ0v) is 10.9. The Labute approximate surface area is 116 Å². The van der Waals surface area contributed by atoms with Crippen molar-refractivity contribution in [2.24, 2.45) is 0 Å². The van der Waals surface area contributed by atoms with E-state index in [1.807, 2.05) is 0 Å². The summed E-state index contributed by atoms with van der Waals surface area (Å²) in [5, 5.41) is 14.7. The van der Waals surface area contributed by atoms with Crippen LogP contribution in [-0.2, 0) is 4.74 Å². The molecule has 104 valence electrons. The highest BCUT2D eigenvalue weighted by Crippen LogP contribution is 2.10. The maximum atomic E-state index is 11.9. The van der Waals surface area contributed by atoms with Crippen LogP contribution in [0.15, 0.2) is 30.6 Å². The molecule has 0 unspecified atom stereocenters. The molecule has 0 bridgehead atoms. The Morgan fingerprint density at radius 3 is 3.05 bits per heavy atom. The van der Waals surface area contributed by atoms with Crippen molar-refractivity contribution in [1.29, 1.82) is 0 Å². The molecule has 0 aliphatic carbocycles. The Balaban J connectivity index is 1.60. The molecule has 7 nitrogen and oxygen atoms in total. The van der Waals surface area contributed by atoms with Crippen LogP contribution in [0.4, 0.5) is 0 Å². The molecular weight excluding hydrogens is 258 g/mol. The van der Waals surface area contributed by atoms with Crippen molar-refractivity contribution < 1.29 is 9.53 Å². The van der Waals surface area contributed by atoms with Gasteiger partial charge < -0.3 is 10.1 Å². The molecule has 20 heavy (non-hydrogen) atoms. The summed E-state index contributed by atoms with van der Waals surface area (Å²) in [4.78, 5) is 11.9. The number of hydrogen-bond donors (Lipinski definition) is 1. The van der Waals surface area contributed by atoms with Crippen LogP contribution >= 0.6 is 0 Å². The molecule has 2 aromatic rings. The first-order valence-electron chi connectivity index (χ1n) is 6.56. The second-order valence-electron chi connectivity index (χ2n) is 4.57. The molecule has 0 spiro atoms.